The van der Waals surface area contributed by atoms with Crippen molar-refractivity contribution < 1.29 is 23.2 Å². The molecule has 1 fully saturated rings. The lowest BCUT2D eigenvalue weighted by Gasteiger charge is -2.53. The number of nitrogens with one attached hydrogen (secondary N) is 1. The van der Waals surface area contributed by atoms with Crippen molar-refractivity contribution in [2.45, 2.75) is 69.6 Å². The standard InChI is InChI=1S/C28H34Br2N2O5S/c1-17(2)20-14-21-22(15-23(20)30)27(3)10-5-11-28(4,26(33)34)25(27)16-24(21)32-37-13-12-31-38(35,36)19-8-6-18(29)7-9-19/h6-9,14-15,17,25,31H,5,10-13,16H2,1-4H3,(H,33,34)/b32-24+/t25-,27-,28-/m1/s1. The van der Waals surface area contributed by atoms with Crippen LogP contribution in [0.25, 0.3) is 0 Å². The molecule has 0 unspecified atom stereocenters. The van der Waals surface area contributed by atoms with Crippen LogP contribution in [0, 0.1) is 11.3 Å². The van der Waals surface area contributed by atoms with Gasteiger partial charge in [-0.25, -0.2) is 13.1 Å². The Hall–Kier alpha value is -1.75. The summed E-state index contributed by atoms with van der Waals surface area (Å²) in [5.41, 5.74) is 2.75. The molecule has 0 saturated heterocycles. The second-order valence-corrected chi connectivity index (χ2v) is 14.6. The smallest absolute Gasteiger partial charge is 0.309 e. The van der Waals surface area contributed by atoms with Gasteiger partial charge in [0.2, 0.25) is 10.0 Å². The highest BCUT2D eigenvalue weighted by molar-refractivity contribution is 9.10. The normalized spacial score (nSPS) is 26.2. The first-order chi connectivity index (χ1) is 17.8. The average molecular weight is 670 g/mol. The van der Waals surface area contributed by atoms with E-state index < -0.39 is 21.4 Å². The fraction of sp³-hybridized carbons (Fsp3) is 0.500. The second kappa shape index (κ2) is 11.0. The molecule has 0 bridgehead atoms. The average Bonchev–Trinajstić information content (AvgIpc) is 2.84. The van der Waals surface area contributed by atoms with Gasteiger partial charge >= 0.3 is 5.97 Å². The number of sulfonamides is 1. The van der Waals surface area contributed by atoms with E-state index in [1.165, 1.54) is 12.1 Å². The minimum atomic E-state index is -3.67. The van der Waals surface area contributed by atoms with E-state index >= 15 is 0 Å². The zero-order valence-electron chi connectivity index (χ0n) is 22.1. The molecule has 2 aliphatic rings. The number of oxime groups is 1. The molecule has 0 amide bonds. The first kappa shape index (κ1) is 29.2. The molecule has 10 heteroatoms. The predicted octanol–water partition coefficient (Wildman–Crippen LogP) is 6.59. The first-order valence-corrected chi connectivity index (χ1v) is 15.9. The van der Waals surface area contributed by atoms with Gasteiger partial charge in [-0.3, -0.25) is 4.79 Å². The summed E-state index contributed by atoms with van der Waals surface area (Å²) < 4.78 is 29.5. The number of aliphatic carboxylic acids is 1. The van der Waals surface area contributed by atoms with E-state index in [0.717, 1.165) is 38.5 Å². The molecule has 1 saturated carbocycles. The van der Waals surface area contributed by atoms with Gasteiger partial charge in [0.15, 0.2) is 0 Å². The van der Waals surface area contributed by atoms with Crippen LogP contribution in [-0.4, -0.2) is 38.4 Å². The molecular weight excluding hydrogens is 636 g/mol. The number of halogens is 2. The van der Waals surface area contributed by atoms with Crippen LogP contribution in [0.2, 0.25) is 0 Å². The summed E-state index contributed by atoms with van der Waals surface area (Å²) in [6.07, 6.45) is 2.86. The lowest BCUT2D eigenvalue weighted by Crippen LogP contribution is -2.53. The van der Waals surface area contributed by atoms with Gasteiger partial charge in [0.1, 0.15) is 6.61 Å². The van der Waals surface area contributed by atoms with E-state index in [4.69, 9.17) is 4.84 Å². The predicted molar refractivity (Wildman–Crippen MR) is 155 cm³/mol. The van der Waals surface area contributed by atoms with Crippen molar-refractivity contribution in [2.24, 2.45) is 16.5 Å². The molecule has 2 N–H and O–H groups in total. The van der Waals surface area contributed by atoms with E-state index in [1.54, 1.807) is 12.1 Å². The van der Waals surface area contributed by atoms with E-state index in [-0.39, 0.29) is 35.3 Å². The van der Waals surface area contributed by atoms with Gasteiger partial charge in [-0.15, -0.1) is 0 Å². The van der Waals surface area contributed by atoms with Crippen LogP contribution in [-0.2, 0) is 25.1 Å². The monoisotopic (exact) mass is 668 g/mol. The molecule has 2 aromatic rings. The molecule has 2 aromatic carbocycles. The van der Waals surface area contributed by atoms with Gasteiger partial charge in [-0.1, -0.05) is 64.2 Å². The fourth-order valence-electron chi connectivity index (χ4n) is 6.08. The molecule has 0 heterocycles. The maximum absolute atomic E-state index is 12.6. The molecule has 0 aliphatic heterocycles. The molecule has 3 atom stereocenters. The Bertz CT molecular complexity index is 1360. The number of carbonyl (C=O) groups is 1. The van der Waals surface area contributed by atoms with Crippen molar-refractivity contribution in [2.75, 3.05) is 13.2 Å². The summed E-state index contributed by atoms with van der Waals surface area (Å²) in [5.74, 6) is -0.646. The Morgan fingerprint density at radius 3 is 2.50 bits per heavy atom. The molecule has 2 aliphatic carbocycles. The summed E-state index contributed by atoms with van der Waals surface area (Å²) in [4.78, 5) is 18.3. The number of hydrogen-bond donors (Lipinski definition) is 2. The van der Waals surface area contributed by atoms with Crippen molar-refractivity contribution in [1.29, 1.82) is 0 Å². The minimum Gasteiger partial charge on any atom is -0.481 e. The molecule has 38 heavy (non-hydrogen) atoms. The molecular formula is C28H34Br2N2O5S. The van der Waals surface area contributed by atoms with Gasteiger partial charge in [-0.2, -0.15) is 0 Å². The summed E-state index contributed by atoms with van der Waals surface area (Å²) in [7, 11) is -3.67. The van der Waals surface area contributed by atoms with Crippen molar-refractivity contribution in [1.82, 2.24) is 4.72 Å². The van der Waals surface area contributed by atoms with Crippen LogP contribution in [0.15, 0.2) is 55.4 Å². The topological polar surface area (TPSA) is 105 Å². The first-order valence-electron chi connectivity index (χ1n) is 12.8. The Morgan fingerprint density at radius 1 is 1.18 bits per heavy atom. The lowest BCUT2D eigenvalue weighted by atomic mass is 9.49. The molecule has 206 valence electrons. The van der Waals surface area contributed by atoms with Crippen LogP contribution in [0.3, 0.4) is 0 Å². The van der Waals surface area contributed by atoms with Crippen molar-refractivity contribution in [3.8, 4) is 0 Å². The number of fused-ring (bicyclic) bond motifs is 3. The van der Waals surface area contributed by atoms with E-state index in [1.807, 2.05) is 6.92 Å². The maximum atomic E-state index is 12.6. The zero-order chi connectivity index (χ0) is 27.9. The van der Waals surface area contributed by atoms with Crippen LogP contribution < -0.4 is 4.72 Å². The number of carboxylic acid groups (broad SMARTS) is 1. The quantitative estimate of drug-likeness (QED) is 0.244. The SMILES string of the molecule is CC(C)c1cc2c(cc1Br)[C@@]1(C)CCC[C@@](C)(C(=O)O)[C@@H]1C/C2=N\OCCNS(=O)(=O)c1ccc(Br)cc1. The molecule has 0 spiro atoms. The fourth-order valence-corrected chi connectivity index (χ4v) is 8.16. The second-order valence-electron chi connectivity index (χ2n) is 11.0. The molecule has 0 aromatic heterocycles. The molecule has 7 nitrogen and oxygen atoms in total. The van der Waals surface area contributed by atoms with Crippen molar-refractivity contribution in [3.63, 3.8) is 0 Å². The minimum absolute atomic E-state index is 0.0420. The number of rotatable bonds is 8. The van der Waals surface area contributed by atoms with E-state index in [2.05, 4.69) is 74.6 Å². The Morgan fingerprint density at radius 2 is 1.87 bits per heavy atom. The van der Waals surface area contributed by atoms with Gasteiger partial charge in [0.05, 0.1) is 16.0 Å². The zero-order valence-corrected chi connectivity index (χ0v) is 26.0. The number of carboxylic acids is 1. The summed E-state index contributed by atoms with van der Waals surface area (Å²) in [5, 5.41) is 14.7. The van der Waals surface area contributed by atoms with E-state index in [9.17, 15) is 18.3 Å². The molecule has 4 rings (SSSR count). The number of hydrogen-bond acceptors (Lipinski definition) is 5. The number of nitrogens with zero attached hydrogens (tertiary/aromatic N) is 1. The van der Waals surface area contributed by atoms with Gasteiger partial charge in [0.25, 0.3) is 0 Å². The third-order valence-electron chi connectivity index (χ3n) is 8.29. The largest absolute Gasteiger partial charge is 0.481 e. The Labute approximate surface area is 241 Å². The van der Waals surface area contributed by atoms with Crippen LogP contribution in [0.1, 0.15) is 76.0 Å². The number of benzene rings is 2. The lowest BCUT2D eigenvalue weighted by molar-refractivity contribution is -0.156. The highest BCUT2D eigenvalue weighted by Gasteiger charge is 2.56. The van der Waals surface area contributed by atoms with Crippen molar-refractivity contribution in [3.05, 3.63) is 62.0 Å². The Kier molecular flexibility index (Phi) is 8.48. The summed E-state index contributed by atoms with van der Waals surface area (Å²) in [6.45, 7) is 8.40. The summed E-state index contributed by atoms with van der Waals surface area (Å²) >= 11 is 7.06. The third-order valence-corrected chi connectivity index (χ3v) is 11.0. The van der Waals surface area contributed by atoms with E-state index in [0.29, 0.717) is 18.6 Å². The van der Waals surface area contributed by atoms with Gasteiger partial charge in [0, 0.05) is 21.1 Å². The summed E-state index contributed by atoms with van der Waals surface area (Å²) in [6, 6.07) is 10.7. The molecule has 0 radical (unpaired) electrons. The van der Waals surface area contributed by atoms with Gasteiger partial charge < -0.3 is 9.94 Å². The van der Waals surface area contributed by atoms with Crippen LogP contribution in [0.5, 0.6) is 0 Å². The van der Waals surface area contributed by atoms with Crippen LogP contribution >= 0.6 is 31.9 Å². The highest BCUT2D eigenvalue weighted by Crippen LogP contribution is 2.58. The third kappa shape index (κ3) is 5.46. The van der Waals surface area contributed by atoms with Crippen molar-refractivity contribution >= 4 is 53.6 Å². The maximum Gasteiger partial charge on any atom is 0.309 e. The highest BCUT2D eigenvalue weighted by atomic mass is 79.9. The van der Waals surface area contributed by atoms with Crippen LogP contribution in [0.4, 0.5) is 0 Å². The van der Waals surface area contributed by atoms with Gasteiger partial charge in [-0.05, 0) is 91.0 Å². The Balaban J connectivity index is 1.61.